The molecule has 8 heteroatoms. The number of aryl methyl sites for hydroxylation is 1. The van der Waals surface area contributed by atoms with E-state index in [4.69, 9.17) is 4.74 Å². The summed E-state index contributed by atoms with van der Waals surface area (Å²) >= 11 is 0. The zero-order valence-corrected chi connectivity index (χ0v) is 14.5. The van der Waals surface area contributed by atoms with E-state index in [0.29, 0.717) is 36.8 Å². The predicted molar refractivity (Wildman–Crippen MR) is 96.1 cm³/mol. The summed E-state index contributed by atoms with van der Waals surface area (Å²) in [6.45, 7) is 1.52. The molecule has 3 aromatic rings. The molecule has 0 amide bonds. The zero-order valence-electron chi connectivity index (χ0n) is 14.5. The van der Waals surface area contributed by atoms with Crippen molar-refractivity contribution < 1.29 is 4.74 Å². The van der Waals surface area contributed by atoms with Crippen LogP contribution in [-0.2, 0) is 25.4 Å². The predicted octanol–water partition coefficient (Wildman–Crippen LogP) is 0.540. The smallest absolute Gasteiger partial charge is 0.332 e. The average Bonchev–Trinajstić information content (AvgIpc) is 2.98. The summed E-state index contributed by atoms with van der Waals surface area (Å²) in [6.07, 6.45) is 0. The standard InChI is InChI=1S/C17H21N5O3/c1-20-14-13(15(23)21(2)17(20)24)22(11-12-7-5-4-6-8-12)16(19-14)18-9-10-25-3/h4-8H,9-11H2,1-3H3,(H,18,19). The molecule has 0 aliphatic carbocycles. The second kappa shape index (κ2) is 6.94. The highest BCUT2D eigenvalue weighted by atomic mass is 16.5. The van der Waals surface area contributed by atoms with Crippen LogP contribution in [0.1, 0.15) is 5.56 Å². The van der Waals surface area contributed by atoms with Crippen molar-refractivity contribution in [3.05, 3.63) is 56.7 Å². The van der Waals surface area contributed by atoms with Gasteiger partial charge in [0.05, 0.1) is 13.2 Å². The first kappa shape index (κ1) is 17.0. The first-order valence-corrected chi connectivity index (χ1v) is 7.97. The summed E-state index contributed by atoms with van der Waals surface area (Å²) in [7, 11) is 4.71. The fraction of sp³-hybridized carbons (Fsp3) is 0.353. The number of nitrogens with zero attached hydrogens (tertiary/aromatic N) is 4. The summed E-state index contributed by atoms with van der Waals surface area (Å²) in [4.78, 5) is 29.4. The van der Waals surface area contributed by atoms with E-state index < -0.39 is 5.69 Å². The van der Waals surface area contributed by atoms with Gasteiger partial charge in [-0.25, -0.2) is 4.79 Å². The second-order valence-corrected chi connectivity index (χ2v) is 5.80. The van der Waals surface area contributed by atoms with Gasteiger partial charge in [0.15, 0.2) is 11.2 Å². The zero-order chi connectivity index (χ0) is 18.0. The lowest BCUT2D eigenvalue weighted by atomic mass is 10.2. The van der Waals surface area contributed by atoms with E-state index in [1.165, 1.54) is 11.6 Å². The molecule has 0 bridgehead atoms. The van der Waals surface area contributed by atoms with Gasteiger partial charge in [-0.05, 0) is 5.56 Å². The van der Waals surface area contributed by atoms with Gasteiger partial charge in [-0.15, -0.1) is 0 Å². The molecule has 0 fully saturated rings. The average molecular weight is 343 g/mol. The summed E-state index contributed by atoms with van der Waals surface area (Å²) in [5.74, 6) is 0.536. The van der Waals surface area contributed by atoms with Crippen molar-refractivity contribution in [2.24, 2.45) is 14.1 Å². The van der Waals surface area contributed by atoms with Crippen LogP contribution in [0.15, 0.2) is 39.9 Å². The maximum Gasteiger partial charge on any atom is 0.332 e. The van der Waals surface area contributed by atoms with Crippen LogP contribution in [0.4, 0.5) is 5.95 Å². The van der Waals surface area contributed by atoms with E-state index in [9.17, 15) is 9.59 Å². The molecule has 0 spiro atoms. The van der Waals surface area contributed by atoms with Gasteiger partial charge in [0.1, 0.15) is 0 Å². The van der Waals surface area contributed by atoms with Gasteiger partial charge in [-0.2, -0.15) is 4.98 Å². The molecule has 1 aromatic carbocycles. The summed E-state index contributed by atoms with van der Waals surface area (Å²) in [6, 6.07) is 9.80. The Kier molecular flexibility index (Phi) is 4.71. The van der Waals surface area contributed by atoms with E-state index in [1.807, 2.05) is 34.9 Å². The van der Waals surface area contributed by atoms with E-state index >= 15 is 0 Å². The van der Waals surface area contributed by atoms with Gasteiger partial charge < -0.3 is 10.1 Å². The molecule has 0 aliphatic rings. The molecule has 0 atom stereocenters. The highest BCUT2D eigenvalue weighted by molar-refractivity contribution is 5.74. The van der Waals surface area contributed by atoms with Gasteiger partial charge in [0.25, 0.3) is 5.56 Å². The molecule has 2 aromatic heterocycles. The van der Waals surface area contributed by atoms with Gasteiger partial charge in [0, 0.05) is 27.7 Å². The van der Waals surface area contributed by atoms with Crippen LogP contribution in [0, 0.1) is 0 Å². The molecule has 25 heavy (non-hydrogen) atoms. The first-order valence-electron chi connectivity index (χ1n) is 7.97. The molecule has 8 nitrogen and oxygen atoms in total. The SMILES string of the molecule is COCCNc1nc2c(c(=O)n(C)c(=O)n2C)n1Cc1ccccc1. The van der Waals surface area contributed by atoms with E-state index in [1.54, 1.807) is 14.2 Å². The molecule has 132 valence electrons. The third-order valence-electron chi connectivity index (χ3n) is 4.12. The number of rotatable bonds is 6. The number of methoxy groups -OCH3 is 1. The van der Waals surface area contributed by atoms with E-state index in [0.717, 1.165) is 10.1 Å². The lowest BCUT2D eigenvalue weighted by Gasteiger charge is -2.11. The molecule has 0 unspecified atom stereocenters. The van der Waals surface area contributed by atoms with Crippen molar-refractivity contribution in [2.75, 3.05) is 25.6 Å². The number of nitrogens with one attached hydrogen (secondary N) is 1. The Bertz CT molecular complexity index is 1000. The molecular formula is C17H21N5O3. The number of hydrogen-bond acceptors (Lipinski definition) is 5. The molecule has 0 saturated heterocycles. The fourth-order valence-corrected chi connectivity index (χ4v) is 2.77. The van der Waals surface area contributed by atoms with Gasteiger partial charge in [-0.1, -0.05) is 30.3 Å². The number of ether oxygens (including phenoxy) is 1. The Morgan fingerprint density at radius 3 is 2.52 bits per heavy atom. The van der Waals surface area contributed by atoms with Crippen LogP contribution in [0.25, 0.3) is 11.2 Å². The van der Waals surface area contributed by atoms with Crippen LogP contribution in [-0.4, -0.2) is 38.9 Å². The monoisotopic (exact) mass is 343 g/mol. The minimum atomic E-state index is -0.398. The Morgan fingerprint density at radius 2 is 1.84 bits per heavy atom. The number of benzene rings is 1. The Hall–Kier alpha value is -2.87. The fourth-order valence-electron chi connectivity index (χ4n) is 2.77. The quantitative estimate of drug-likeness (QED) is 0.661. The van der Waals surface area contributed by atoms with Crippen molar-refractivity contribution in [3.8, 4) is 0 Å². The van der Waals surface area contributed by atoms with E-state index in [-0.39, 0.29) is 5.56 Å². The minimum Gasteiger partial charge on any atom is -0.383 e. The van der Waals surface area contributed by atoms with Gasteiger partial charge >= 0.3 is 5.69 Å². The molecular weight excluding hydrogens is 322 g/mol. The molecule has 0 aliphatic heterocycles. The first-order chi connectivity index (χ1) is 12.0. The van der Waals surface area contributed by atoms with Crippen LogP contribution < -0.4 is 16.6 Å². The lowest BCUT2D eigenvalue weighted by Crippen LogP contribution is -2.37. The third-order valence-corrected chi connectivity index (χ3v) is 4.12. The Balaban J connectivity index is 2.20. The maximum atomic E-state index is 12.7. The van der Waals surface area contributed by atoms with Crippen LogP contribution >= 0.6 is 0 Å². The lowest BCUT2D eigenvalue weighted by molar-refractivity contribution is 0.210. The highest BCUT2D eigenvalue weighted by Crippen LogP contribution is 2.17. The van der Waals surface area contributed by atoms with Crippen LogP contribution in [0.3, 0.4) is 0 Å². The van der Waals surface area contributed by atoms with Crippen molar-refractivity contribution in [2.45, 2.75) is 6.54 Å². The van der Waals surface area contributed by atoms with Crippen LogP contribution in [0.5, 0.6) is 0 Å². The molecule has 1 N–H and O–H groups in total. The molecule has 2 heterocycles. The largest absolute Gasteiger partial charge is 0.383 e. The third kappa shape index (κ3) is 3.08. The summed E-state index contributed by atoms with van der Waals surface area (Å²) < 4.78 is 9.36. The van der Waals surface area contributed by atoms with E-state index in [2.05, 4.69) is 10.3 Å². The minimum absolute atomic E-state index is 0.360. The highest BCUT2D eigenvalue weighted by Gasteiger charge is 2.19. The van der Waals surface area contributed by atoms with Gasteiger partial charge in [-0.3, -0.25) is 18.5 Å². The number of fused-ring (bicyclic) bond motifs is 1. The Morgan fingerprint density at radius 1 is 1.12 bits per heavy atom. The number of anilines is 1. The van der Waals surface area contributed by atoms with Gasteiger partial charge in [0.2, 0.25) is 5.95 Å². The molecule has 0 radical (unpaired) electrons. The second-order valence-electron chi connectivity index (χ2n) is 5.80. The maximum absolute atomic E-state index is 12.7. The van der Waals surface area contributed by atoms with Crippen molar-refractivity contribution in [3.63, 3.8) is 0 Å². The van der Waals surface area contributed by atoms with Crippen LogP contribution in [0.2, 0.25) is 0 Å². The number of imidazole rings is 1. The Labute approximate surface area is 144 Å². The molecule has 0 saturated carbocycles. The van der Waals surface area contributed by atoms with Crippen molar-refractivity contribution in [1.82, 2.24) is 18.7 Å². The normalized spacial score (nSPS) is 11.2. The topological polar surface area (TPSA) is 83.1 Å². The van der Waals surface area contributed by atoms with Crippen molar-refractivity contribution in [1.29, 1.82) is 0 Å². The number of hydrogen-bond donors (Lipinski definition) is 1. The number of aromatic nitrogens is 4. The summed E-state index contributed by atoms with van der Waals surface area (Å²) in [5, 5.41) is 3.18. The summed E-state index contributed by atoms with van der Waals surface area (Å²) in [5.41, 5.74) is 1.04. The van der Waals surface area contributed by atoms with Crippen molar-refractivity contribution >= 4 is 17.1 Å². The molecule has 3 rings (SSSR count).